The van der Waals surface area contributed by atoms with E-state index in [0.717, 1.165) is 24.4 Å². The maximum atomic E-state index is 4.71. The lowest BCUT2D eigenvalue weighted by Gasteiger charge is -2.16. The van der Waals surface area contributed by atoms with E-state index in [4.69, 9.17) is 5.10 Å². The number of nitrogens with zero attached hydrogens (tertiary/aromatic N) is 3. The van der Waals surface area contributed by atoms with Crippen molar-refractivity contribution < 1.29 is 0 Å². The molecule has 0 fully saturated rings. The predicted molar refractivity (Wildman–Crippen MR) is 87.7 cm³/mol. The summed E-state index contributed by atoms with van der Waals surface area (Å²) in [6.45, 7) is 5.15. The molecule has 2 aromatic heterocycles. The number of para-hydroxylation sites is 1. The van der Waals surface area contributed by atoms with Gasteiger partial charge in [0.2, 0.25) is 0 Å². The van der Waals surface area contributed by atoms with Gasteiger partial charge in [0.25, 0.3) is 0 Å². The van der Waals surface area contributed by atoms with Crippen LogP contribution in [-0.2, 0) is 13.5 Å². The molecule has 0 amide bonds. The molecule has 3 aromatic rings. The average Bonchev–Trinajstić information content (AvgIpc) is 3.04. The molecule has 0 aliphatic carbocycles. The Kier molecular flexibility index (Phi) is 4.03. The maximum absolute atomic E-state index is 4.71. The van der Waals surface area contributed by atoms with E-state index >= 15 is 0 Å². The number of aryl methyl sites for hydroxylation is 2. The van der Waals surface area contributed by atoms with Crippen LogP contribution >= 0.6 is 11.3 Å². The summed E-state index contributed by atoms with van der Waals surface area (Å²) < 4.78 is 1.97. The van der Waals surface area contributed by atoms with Gasteiger partial charge in [0.05, 0.1) is 22.4 Å². The lowest BCUT2D eigenvalue weighted by molar-refractivity contribution is 0.546. The van der Waals surface area contributed by atoms with Crippen molar-refractivity contribution in [2.45, 2.75) is 26.3 Å². The molecule has 0 radical (unpaired) electrons. The Labute approximate surface area is 128 Å². The normalized spacial score (nSPS) is 12.9. The lowest BCUT2D eigenvalue weighted by atomic mass is 10.1. The van der Waals surface area contributed by atoms with E-state index < -0.39 is 0 Å². The van der Waals surface area contributed by atoms with Gasteiger partial charge in [-0.05, 0) is 19.5 Å². The molecular formula is C16H20N4S. The topological polar surface area (TPSA) is 42.7 Å². The van der Waals surface area contributed by atoms with Gasteiger partial charge in [0.15, 0.2) is 0 Å². The van der Waals surface area contributed by atoms with Gasteiger partial charge in [0, 0.05) is 29.8 Å². The smallest absolute Gasteiger partial charge is 0.0798 e. The molecule has 2 heterocycles. The van der Waals surface area contributed by atoms with Crippen LogP contribution in [0.25, 0.3) is 10.9 Å². The summed E-state index contributed by atoms with van der Waals surface area (Å²) in [4.78, 5) is 5.69. The van der Waals surface area contributed by atoms with Crippen molar-refractivity contribution >= 4 is 22.2 Å². The van der Waals surface area contributed by atoms with Gasteiger partial charge in [-0.3, -0.25) is 4.68 Å². The second-order valence-corrected chi connectivity index (χ2v) is 6.09. The van der Waals surface area contributed by atoms with Crippen molar-refractivity contribution in [1.29, 1.82) is 0 Å². The summed E-state index contributed by atoms with van der Waals surface area (Å²) in [7, 11) is 2.01. The van der Waals surface area contributed by atoms with Crippen molar-refractivity contribution in [3.63, 3.8) is 0 Å². The van der Waals surface area contributed by atoms with Gasteiger partial charge in [-0.25, -0.2) is 4.98 Å². The van der Waals surface area contributed by atoms with Crippen LogP contribution in [0.3, 0.4) is 0 Å². The average molecular weight is 300 g/mol. The van der Waals surface area contributed by atoms with E-state index in [1.807, 2.05) is 17.2 Å². The Morgan fingerprint density at radius 1 is 1.33 bits per heavy atom. The van der Waals surface area contributed by atoms with Crippen LogP contribution in [0.4, 0.5) is 0 Å². The SMILES string of the molecule is CCNC(Cc1nn(C)c2ccccc12)c1scnc1C. The van der Waals surface area contributed by atoms with E-state index in [1.165, 1.54) is 15.8 Å². The molecule has 0 bridgehead atoms. The second kappa shape index (κ2) is 5.95. The van der Waals surface area contributed by atoms with Crippen LogP contribution in [0.1, 0.15) is 29.2 Å². The van der Waals surface area contributed by atoms with Gasteiger partial charge in [0.1, 0.15) is 0 Å². The Balaban J connectivity index is 1.97. The third kappa shape index (κ3) is 2.71. The van der Waals surface area contributed by atoms with Gasteiger partial charge < -0.3 is 5.32 Å². The van der Waals surface area contributed by atoms with Crippen LogP contribution in [0.5, 0.6) is 0 Å². The number of fused-ring (bicyclic) bond motifs is 1. The Morgan fingerprint density at radius 3 is 2.86 bits per heavy atom. The number of hydrogen-bond acceptors (Lipinski definition) is 4. The molecule has 0 aliphatic heterocycles. The van der Waals surface area contributed by atoms with Crippen LogP contribution in [0, 0.1) is 6.92 Å². The summed E-state index contributed by atoms with van der Waals surface area (Å²) in [5.74, 6) is 0. The van der Waals surface area contributed by atoms with Crippen molar-refractivity contribution in [3.05, 3.63) is 46.0 Å². The number of thiazole rings is 1. The van der Waals surface area contributed by atoms with Crippen molar-refractivity contribution in [3.8, 4) is 0 Å². The fourth-order valence-corrected chi connectivity index (χ4v) is 3.66. The van der Waals surface area contributed by atoms with Crippen molar-refractivity contribution in [2.75, 3.05) is 6.54 Å². The zero-order valence-electron chi connectivity index (χ0n) is 12.6. The van der Waals surface area contributed by atoms with Crippen LogP contribution in [0.15, 0.2) is 29.8 Å². The zero-order chi connectivity index (χ0) is 14.8. The first-order valence-corrected chi connectivity index (χ1v) is 8.12. The van der Waals surface area contributed by atoms with Crippen LogP contribution in [-0.4, -0.2) is 21.3 Å². The summed E-state index contributed by atoms with van der Waals surface area (Å²) in [5, 5.41) is 9.52. The standard InChI is InChI=1S/C16H20N4S/c1-4-17-14(16-11(2)18-10-21-16)9-13-12-7-5-6-8-15(12)20(3)19-13/h5-8,10,14,17H,4,9H2,1-3H3. The number of nitrogens with one attached hydrogen (secondary N) is 1. The molecular weight excluding hydrogens is 280 g/mol. The minimum absolute atomic E-state index is 0.279. The molecule has 4 nitrogen and oxygen atoms in total. The summed E-state index contributed by atoms with van der Waals surface area (Å²) in [5.41, 5.74) is 5.37. The van der Waals surface area contributed by atoms with Gasteiger partial charge in [-0.2, -0.15) is 5.10 Å². The Bertz CT molecular complexity index is 744. The highest BCUT2D eigenvalue weighted by Crippen LogP contribution is 2.27. The first-order valence-electron chi connectivity index (χ1n) is 7.24. The molecule has 21 heavy (non-hydrogen) atoms. The quantitative estimate of drug-likeness (QED) is 0.786. The molecule has 0 saturated carbocycles. The number of rotatable bonds is 5. The molecule has 0 saturated heterocycles. The second-order valence-electron chi connectivity index (χ2n) is 5.20. The summed E-state index contributed by atoms with van der Waals surface area (Å²) in [6.07, 6.45) is 0.887. The Hall–Kier alpha value is -1.72. The first kappa shape index (κ1) is 14.2. The third-order valence-electron chi connectivity index (χ3n) is 3.78. The fraction of sp³-hybridized carbons (Fsp3) is 0.375. The fourth-order valence-electron chi connectivity index (χ4n) is 2.78. The number of likely N-dealkylation sites (N-methyl/N-ethyl adjacent to an activating group) is 1. The molecule has 1 unspecified atom stereocenters. The molecule has 0 spiro atoms. The number of hydrogen-bond donors (Lipinski definition) is 1. The molecule has 110 valence electrons. The summed E-state index contributed by atoms with van der Waals surface area (Å²) in [6, 6.07) is 8.68. The minimum Gasteiger partial charge on any atom is -0.309 e. The predicted octanol–water partition coefficient (Wildman–Crippen LogP) is 3.23. The largest absolute Gasteiger partial charge is 0.309 e. The van der Waals surface area contributed by atoms with Crippen LogP contribution in [0.2, 0.25) is 0 Å². The summed E-state index contributed by atoms with van der Waals surface area (Å²) >= 11 is 1.72. The molecule has 1 aromatic carbocycles. The van der Waals surface area contributed by atoms with E-state index in [-0.39, 0.29) is 6.04 Å². The maximum Gasteiger partial charge on any atom is 0.0798 e. The number of aromatic nitrogens is 3. The molecule has 1 N–H and O–H groups in total. The highest BCUT2D eigenvalue weighted by Gasteiger charge is 2.19. The molecule has 5 heteroatoms. The zero-order valence-corrected chi connectivity index (χ0v) is 13.4. The van der Waals surface area contributed by atoms with Gasteiger partial charge >= 0.3 is 0 Å². The van der Waals surface area contributed by atoms with E-state index in [2.05, 4.69) is 48.4 Å². The molecule has 3 rings (SSSR count). The van der Waals surface area contributed by atoms with Gasteiger partial charge in [-0.1, -0.05) is 25.1 Å². The highest BCUT2D eigenvalue weighted by molar-refractivity contribution is 7.09. The number of benzene rings is 1. The first-order chi connectivity index (χ1) is 10.2. The van der Waals surface area contributed by atoms with Gasteiger partial charge in [-0.15, -0.1) is 11.3 Å². The minimum atomic E-state index is 0.279. The van der Waals surface area contributed by atoms with E-state index in [0.29, 0.717) is 0 Å². The van der Waals surface area contributed by atoms with Crippen LogP contribution < -0.4 is 5.32 Å². The monoisotopic (exact) mass is 300 g/mol. The van der Waals surface area contributed by atoms with E-state index in [9.17, 15) is 0 Å². The lowest BCUT2D eigenvalue weighted by Crippen LogP contribution is -2.23. The highest BCUT2D eigenvalue weighted by atomic mass is 32.1. The Morgan fingerprint density at radius 2 is 2.14 bits per heavy atom. The van der Waals surface area contributed by atoms with E-state index in [1.54, 1.807) is 11.3 Å². The molecule has 1 atom stereocenters. The van der Waals surface area contributed by atoms with Crippen molar-refractivity contribution in [1.82, 2.24) is 20.1 Å². The molecule has 0 aliphatic rings. The van der Waals surface area contributed by atoms with Crippen molar-refractivity contribution in [2.24, 2.45) is 7.05 Å². The third-order valence-corrected chi connectivity index (χ3v) is 4.83.